The number of carbonyl (C=O) groups is 1. The number of aromatic nitrogens is 3. The van der Waals surface area contributed by atoms with Gasteiger partial charge in [0.25, 0.3) is 5.91 Å². The fourth-order valence-corrected chi connectivity index (χ4v) is 2.62. The minimum Gasteiger partial charge on any atom is -0.323 e. The van der Waals surface area contributed by atoms with Crippen molar-refractivity contribution in [2.24, 2.45) is 0 Å². The third-order valence-corrected chi connectivity index (χ3v) is 3.83. The maximum Gasteiger partial charge on any atom is 0.269 e. The molecule has 6 nitrogen and oxygen atoms in total. The van der Waals surface area contributed by atoms with Crippen LogP contribution in [0.5, 0.6) is 0 Å². The minimum absolute atomic E-state index is 0.347. The van der Waals surface area contributed by atoms with Gasteiger partial charge in [-0.05, 0) is 36.4 Å². The number of rotatable bonds is 4. The molecular weight excluding hydrogens is 314 g/mol. The SMILES string of the molecule is [NH]C(=O)c1ccc(Nc2nc3cccc(-c4ccccc4)n3n2)cc1. The second-order valence-corrected chi connectivity index (χ2v) is 5.51. The standard InChI is InChI=1S/C19H14N5O/c20-18(25)14-9-11-15(12-10-14)21-19-22-17-8-4-7-16(24(17)23-19)13-5-2-1-3-6-13/h1-12,20H,(H,21,23). The molecule has 2 aromatic carbocycles. The van der Waals surface area contributed by atoms with Crippen molar-refractivity contribution < 1.29 is 4.79 Å². The smallest absolute Gasteiger partial charge is 0.269 e. The predicted molar refractivity (Wildman–Crippen MR) is 95.6 cm³/mol. The number of nitrogens with zero attached hydrogens (tertiary/aromatic N) is 3. The highest BCUT2D eigenvalue weighted by atomic mass is 16.1. The summed E-state index contributed by atoms with van der Waals surface area (Å²) in [5.74, 6) is -0.238. The first kappa shape index (κ1) is 14.9. The lowest BCUT2D eigenvalue weighted by molar-refractivity contribution is 0.0992. The highest BCUT2D eigenvalue weighted by Gasteiger charge is 2.09. The topological polar surface area (TPSA) is 83.1 Å². The van der Waals surface area contributed by atoms with Crippen LogP contribution in [0, 0.1) is 0 Å². The zero-order valence-electron chi connectivity index (χ0n) is 13.2. The van der Waals surface area contributed by atoms with Crippen LogP contribution < -0.4 is 11.1 Å². The Morgan fingerprint density at radius 3 is 2.40 bits per heavy atom. The zero-order valence-corrected chi connectivity index (χ0v) is 13.2. The summed E-state index contributed by atoms with van der Waals surface area (Å²) in [5.41, 5.74) is 10.9. The van der Waals surface area contributed by atoms with Crippen LogP contribution in [0.3, 0.4) is 0 Å². The van der Waals surface area contributed by atoms with Crippen molar-refractivity contribution in [3.63, 3.8) is 0 Å². The van der Waals surface area contributed by atoms with Crippen LogP contribution in [0.15, 0.2) is 72.8 Å². The fourth-order valence-electron chi connectivity index (χ4n) is 2.62. The van der Waals surface area contributed by atoms with Crippen molar-refractivity contribution in [3.8, 4) is 11.3 Å². The van der Waals surface area contributed by atoms with Gasteiger partial charge in [-0.2, -0.15) is 4.98 Å². The third-order valence-electron chi connectivity index (χ3n) is 3.83. The molecule has 0 saturated heterocycles. The summed E-state index contributed by atoms with van der Waals surface area (Å²) in [4.78, 5) is 15.5. The van der Waals surface area contributed by atoms with Crippen LogP contribution in [0.4, 0.5) is 11.6 Å². The Morgan fingerprint density at radius 2 is 1.68 bits per heavy atom. The van der Waals surface area contributed by atoms with E-state index in [1.54, 1.807) is 28.8 Å². The summed E-state index contributed by atoms with van der Waals surface area (Å²) in [7, 11) is 0. The Balaban J connectivity index is 1.69. The summed E-state index contributed by atoms with van der Waals surface area (Å²) < 4.78 is 1.79. The largest absolute Gasteiger partial charge is 0.323 e. The summed E-state index contributed by atoms with van der Waals surface area (Å²) in [6.45, 7) is 0. The summed E-state index contributed by atoms with van der Waals surface area (Å²) in [6.07, 6.45) is 0. The molecule has 0 fully saturated rings. The van der Waals surface area contributed by atoms with Gasteiger partial charge in [-0.3, -0.25) is 10.5 Å². The first-order valence-corrected chi connectivity index (χ1v) is 7.75. The van der Waals surface area contributed by atoms with E-state index in [0.717, 1.165) is 22.6 Å². The highest BCUT2D eigenvalue weighted by molar-refractivity contribution is 5.92. The number of hydrogen-bond donors (Lipinski definition) is 1. The second-order valence-electron chi connectivity index (χ2n) is 5.51. The molecule has 0 aliphatic carbocycles. The van der Waals surface area contributed by atoms with Crippen molar-refractivity contribution in [1.82, 2.24) is 20.3 Å². The molecule has 2 N–H and O–H groups in total. The molecule has 2 aromatic heterocycles. The van der Waals surface area contributed by atoms with E-state index in [1.165, 1.54) is 0 Å². The Morgan fingerprint density at radius 1 is 0.920 bits per heavy atom. The van der Waals surface area contributed by atoms with Crippen molar-refractivity contribution in [2.45, 2.75) is 0 Å². The lowest BCUT2D eigenvalue weighted by Gasteiger charge is -2.03. The normalized spacial score (nSPS) is 10.7. The van der Waals surface area contributed by atoms with Crippen LogP contribution in [-0.4, -0.2) is 20.5 Å². The molecule has 1 radical (unpaired) electrons. The average Bonchev–Trinajstić information content (AvgIpc) is 3.05. The average molecular weight is 328 g/mol. The predicted octanol–water partition coefficient (Wildman–Crippen LogP) is 3.56. The first-order valence-electron chi connectivity index (χ1n) is 7.75. The molecular formula is C19H14N5O. The third kappa shape index (κ3) is 2.92. The van der Waals surface area contributed by atoms with E-state index in [4.69, 9.17) is 5.73 Å². The van der Waals surface area contributed by atoms with Gasteiger partial charge in [0.15, 0.2) is 5.65 Å². The number of hydrogen-bond acceptors (Lipinski definition) is 4. The number of anilines is 2. The summed E-state index contributed by atoms with van der Waals surface area (Å²) in [5, 5.41) is 7.65. The first-order chi connectivity index (χ1) is 12.2. The molecule has 1 amide bonds. The summed E-state index contributed by atoms with van der Waals surface area (Å²) in [6, 6.07) is 22.5. The molecule has 0 saturated carbocycles. The van der Waals surface area contributed by atoms with Gasteiger partial charge in [-0.25, -0.2) is 4.52 Å². The van der Waals surface area contributed by atoms with Gasteiger partial charge < -0.3 is 5.32 Å². The molecule has 0 aliphatic heterocycles. The van der Waals surface area contributed by atoms with Gasteiger partial charge in [-0.1, -0.05) is 36.4 Å². The Labute approximate surface area is 143 Å². The van der Waals surface area contributed by atoms with E-state index in [-0.39, 0.29) is 0 Å². The van der Waals surface area contributed by atoms with Gasteiger partial charge >= 0.3 is 0 Å². The van der Waals surface area contributed by atoms with Gasteiger partial charge in [-0.15, -0.1) is 5.10 Å². The van der Waals surface area contributed by atoms with E-state index in [9.17, 15) is 4.79 Å². The number of pyridine rings is 1. The quantitative estimate of drug-likeness (QED) is 0.621. The molecule has 6 heteroatoms. The zero-order chi connectivity index (χ0) is 17.2. The number of benzene rings is 2. The molecule has 0 unspecified atom stereocenters. The van der Waals surface area contributed by atoms with E-state index in [2.05, 4.69) is 15.4 Å². The maximum atomic E-state index is 11.0. The van der Waals surface area contributed by atoms with Crippen LogP contribution in [-0.2, 0) is 0 Å². The fraction of sp³-hybridized carbons (Fsp3) is 0. The summed E-state index contributed by atoms with van der Waals surface area (Å²) >= 11 is 0. The van der Waals surface area contributed by atoms with Gasteiger partial charge in [0, 0.05) is 16.8 Å². The van der Waals surface area contributed by atoms with Crippen LogP contribution in [0.2, 0.25) is 0 Å². The van der Waals surface area contributed by atoms with E-state index < -0.39 is 5.91 Å². The number of carbonyl (C=O) groups excluding carboxylic acids is 1. The van der Waals surface area contributed by atoms with Crippen molar-refractivity contribution in [3.05, 3.63) is 78.4 Å². The van der Waals surface area contributed by atoms with E-state index in [0.29, 0.717) is 11.5 Å². The lowest BCUT2D eigenvalue weighted by Crippen LogP contribution is -1.99. The molecule has 25 heavy (non-hydrogen) atoms. The molecule has 121 valence electrons. The lowest BCUT2D eigenvalue weighted by atomic mass is 10.1. The Bertz CT molecular complexity index is 1040. The Hall–Kier alpha value is -3.67. The highest BCUT2D eigenvalue weighted by Crippen LogP contribution is 2.21. The molecule has 0 aliphatic rings. The van der Waals surface area contributed by atoms with Crippen molar-refractivity contribution in [1.29, 1.82) is 0 Å². The number of fused-ring (bicyclic) bond motifs is 1. The van der Waals surface area contributed by atoms with Gasteiger partial charge in [0.05, 0.1) is 5.69 Å². The van der Waals surface area contributed by atoms with Crippen LogP contribution in [0.25, 0.3) is 16.9 Å². The monoisotopic (exact) mass is 328 g/mol. The molecule has 2 heterocycles. The van der Waals surface area contributed by atoms with Crippen LogP contribution in [0.1, 0.15) is 10.4 Å². The molecule has 0 spiro atoms. The number of nitrogens with one attached hydrogen (secondary N) is 2. The molecule has 0 bridgehead atoms. The van der Waals surface area contributed by atoms with Gasteiger partial charge in [0.1, 0.15) is 0 Å². The van der Waals surface area contributed by atoms with E-state index in [1.807, 2.05) is 48.5 Å². The molecule has 0 atom stereocenters. The second kappa shape index (κ2) is 6.09. The minimum atomic E-state index is -0.704. The van der Waals surface area contributed by atoms with Crippen molar-refractivity contribution >= 4 is 23.2 Å². The molecule has 4 rings (SSSR count). The van der Waals surface area contributed by atoms with Crippen molar-refractivity contribution in [2.75, 3.05) is 5.32 Å². The maximum absolute atomic E-state index is 11.0. The van der Waals surface area contributed by atoms with Gasteiger partial charge in [0.2, 0.25) is 5.95 Å². The molecule has 4 aromatic rings. The number of amides is 1. The van der Waals surface area contributed by atoms with Crippen LogP contribution >= 0.6 is 0 Å². The van der Waals surface area contributed by atoms with E-state index >= 15 is 0 Å². The Kier molecular flexibility index (Phi) is 3.63.